The number of carbonyl (C=O) groups is 1. The number of fused-ring (bicyclic) bond motifs is 1. The third-order valence-corrected chi connectivity index (χ3v) is 4.61. The van der Waals surface area contributed by atoms with E-state index in [0.29, 0.717) is 10.1 Å². The predicted molar refractivity (Wildman–Crippen MR) is 100 cm³/mol. The molecule has 0 N–H and O–H groups in total. The van der Waals surface area contributed by atoms with Crippen molar-refractivity contribution in [1.82, 2.24) is 0 Å². The SMILES string of the molecule is CCOC(=O)Cc1c(OCc2cc(Br)c3occc3c2)cccc1C(F)(F)F. The van der Waals surface area contributed by atoms with Crippen molar-refractivity contribution < 1.29 is 31.9 Å². The fraction of sp³-hybridized carbons (Fsp3) is 0.250. The van der Waals surface area contributed by atoms with Gasteiger partial charge in [-0.3, -0.25) is 4.79 Å². The molecular formula is C20H16BrF3O4. The molecule has 1 aromatic heterocycles. The molecule has 28 heavy (non-hydrogen) atoms. The van der Waals surface area contributed by atoms with Crippen LogP contribution < -0.4 is 4.74 Å². The van der Waals surface area contributed by atoms with Crippen molar-refractivity contribution in [1.29, 1.82) is 0 Å². The molecule has 0 spiro atoms. The Balaban J connectivity index is 1.90. The summed E-state index contributed by atoms with van der Waals surface area (Å²) in [7, 11) is 0. The standard InChI is InChI=1S/C20H16BrF3O4/c1-2-26-18(25)10-14-15(20(22,23)24)4-3-5-17(14)28-11-12-8-13-6-7-27-19(13)16(21)9-12/h3-9H,2,10-11H2,1H3. The van der Waals surface area contributed by atoms with Crippen LogP contribution in [-0.2, 0) is 28.7 Å². The first-order valence-electron chi connectivity index (χ1n) is 8.42. The minimum atomic E-state index is -4.61. The second-order valence-corrected chi connectivity index (χ2v) is 6.82. The molecule has 3 rings (SSSR count). The summed E-state index contributed by atoms with van der Waals surface area (Å²) in [5, 5.41) is 0.837. The Kier molecular flexibility index (Phi) is 5.98. The zero-order chi connectivity index (χ0) is 20.3. The molecule has 0 bridgehead atoms. The Labute approximate surface area is 167 Å². The van der Waals surface area contributed by atoms with Crippen LogP contribution in [0.2, 0.25) is 0 Å². The van der Waals surface area contributed by atoms with Gasteiger partial charge < -0.3 is 13.9 Å². The number of benzene rings is 2. The molecule has 0 radical (unpaired) electrons. The molecule has 0 fully saturated rings. The third kappa shape index (κ3) is 4.49. The van der Waals surface area contributed by atoms with Crippen LogP contribution in [0.3, 0.4) is 0 Å². The van der Waals surface area contributed by atoms with Crippen molar-refractivity contribution in [2.45, 2.75) is 26.1 Å². The Morgan fingerprint density at radius 3 is 2.71 bits per heavy atom. The van der Waals surface area contributed by atoms with E-state index in [-0.39, 0.29) is 24.5 Å². The van der Waals surface area contributed by atoms with Crippen molar-refractivity contribution >= 4 is 32.9 Å². The second-order valence-electron chi connectivity index (χ2n) is 5.97. The summed E-state index contributed by atoms with van der Waals surface area (Å²) in [6, 6.07) is 8.96. The van der Waals surface area contributed by atoms with Crippen LogP contribution >= 0.6 is 15.9 Å². The van der Waals surface area contributed by atoms with Gasteiger partial charge in [0, 0.05) is 10.9 Å². The molecule has 4 nitrogen and oxygen atoms in total. The number of alkyl halides is 3. The topological polar surface area (TPSA) is 48.7 Å². The largest absolute Gasteiger partial charge is 0.489 e. The van der Waals surface area contributed by atoms with Crippen LogP contribution in [0.15, 0.2) is 51.6 Å². The highest BCUT2D eigenvalue weighted by molar-refractivity contribution is 9.10. The average molecular weight is 457 g/mol. The summed E-state index contributed by atoms with van der Waals surface area (Å²) < 4.78 is 56.7. The van der Waals surface area contributed by atoms with Gasteiger partial charge in [0.1, 0.15) is 17.9 Å². The number of carbonyl (C=O) groups excluding carboxylic acids is 1. The number of halogens is 4. The van der Waals surface area contributed by atoms with E-state index in [9.17, 15) is 18.0 Å². The van der Waals surface area contributed by atoms with Gasteiger partial charge in [-0.25, -0.2) is 0 Å². The second kappa shape index (κ2) is 8.26. The number of rotatable bonds is 6. The highest BCUT2D eigenvalue weighted by Gasteiger charge is 2.35. The molecule has 0 aliphatic rings. The van der Waals surface area contributed by atoms with E-state index in [1.165, 1.54) is 12.1 Å². The Bertz CT molecular complexity index is 995. The lowest BCUT2D eigenvalue weighted by atomic mass is 10.0. The van der Waals surface area contributed by atoms with E-state index < -0.39 is 24.1 Å². The van der Waals surface area contributed by atoms with E-state index in [4.69, 9.17) is 13.9 Å². The predicted octanol–water partition coefficient (Wildman–Crippen LogP) is 5.90. The minimum absolute atomic E-state index is 0.00806. The zero-order valence-corrected chi connectivity index (χ0v) is 16.4. The molecule has 0 aliphatic heterocycles. The van der Waals surface area contributed by atoms with Crippen molar-refractivity contribution in [3.8, 4) is 5.75 Å². The first-order chi connectivity index (χ1) is 13.3. The van der Waals surface area contributed by atoms with Gasteiger partial charge in [-0.15, -0.1) is 0 Å². The molecule has 0 amide bonds. The van der Waals surface area contributed by atoms with Gasteiger partial charge in [-0.2, -0.15) is 13.2 Å². The van der Waals surface area contributed by atoms with Gasteiger partial charge >= 0.3 is 12.1 Å². The van der Waals surface area contributed by atoms with Crippen molar-refractivity contribution in [3.05, 3.63) is 63.8 Å². The van der Waals surface area contributed by atoms with Gasteiger partial charge in [0.05, 0.1) is 29.3 Å². The molecule has 0 aliphatic carbocycles. The quantitative estimate of drug-likeness (QED) is 0.433. The summed E-state index contributed by atoms with van der Waals surface area (Å²) in [5.74, 6) is -0.752. The maximum absolute atomic E-state index is 13.4. The van der Waals surface area contributed by atoms with Gasteiger partial charge in [0.2, 0.25) is 0 Å². The van der Waals surface area contributed by atoms with Crippen LogP contribution in [0, 0.1) is 0 Å². The average Bonchev–Trinajstić information content (AvgIpc) is 3.09. The lowest BCUT2D eigenvalue weighted by Crippen LogP contribution is -2.16. The number of furan rings is 1. The molecule has 0 saturated heterocycles. The summed E-state index contributed by atoms with van der Waals surface area (Å²) in [6.45, 7) is 1.70. The van der Waals surface area contributed by atoms with Crippen LogP contribution in [0.25, 0.3) is 11.0 Å². The maximum Gasteiger partial charge on any atom is 0.416 e. The van der Waals surface area contributed by atoms with E-state index in [0.717, 1.165) is 17.0 Å². The lowest BCUT2D eigenvalue weighted by Gasteiger charge is -2.17. The molecule has 148 valence electrons. The summed E-state index contributed by atoms with van der Waals surface area (Å²) in [5.41, 5.74) is 0.257. The fourth-order valence-electron chi connectivity index (χ4n) is 2.85. The molecular weight excluding hydrogens is 441 g/mol. The van der Waals surface area contributed by atoms with E-state index in [1.54, 1.807) is 25.3 Å². The molecule has 0 atom stereocenters. The molecule has 2 aromatic carbocycles. The Morgan fingerprint density at radius 1 is 1.21 bits per heavy atom. The molecule has 8 heteroatoms. The third-order valence-electron chi connectivity index (χ3n) is 4.02. The first-order valence-corrected chi connectivity index (χ1v) is 9.22. The van der Waals surface area contributed by atoms with E-state index in [1.807, 2.05) is 6.07 Å². The zero-order valence-electron chi connectivity index (χ0n) is 14.8. The maximum atomic E-state index is 13.4. The van der Waals surface area contributed by atoms with Gasteiger partial charge in [-0.1, -0.05) is 6.07 Å². The summed E-state index contributed by atoms with van der Waals surface area (Å²) in [6.07, 6.45) is -3.59. The number of ether oxygens (including phenoxy) is 2. The van der Waals surface area contributed by atoms with Crippen molar-refractivity contribution in [3.63, 3.8) is 0 Å². The number of esters is 1. The fourth-order valence-corrected chi connectivity index (χ4v) is 3.46. The van der Waals surface area contributed by atoms with Gasteiger partial charge in [0.25, 0.3) is 0 Å². The van der Waals surface area contributed by atoms with Crippen molar-refractivity contribution in [2.24, 2.45) is 0 Å². The van der Waals surface area contributed by atoms with Crippen molar-refractivity contribution in [2.75, 3.05) is 6.61 Å². The normalized spacial score (nSPS) is 11.6. The van der Waals surface area contributed by atoms with Crippen LogP contribution in [-0.4, -0.2) is 12.6 Å². The van der Waals surface area contributed by atoms with Crippen LogP contribution in [0.5, 0.6) is 5.75 Å². The first kappa shape index (κ1) is 20.3. The Morgan fingerprint density at radius 2 is 2.00 bits per heavy atom. The van der Waals surface area contributed by atoms with E-state index in [2.05, 4.69) is 15.9 Å². The van der Waals surface area contributed by atoms with Crippen LogP contribution in [0.4, 0.5) is 13.2 Å². The van der Waals surface area contributed by atoms with Gasteiger partial charge in [0.15, 0.2) is 0 Å². The van der Waals surface area contributed by atoms with Crippen LogP contribution in [0.1, 0.15) is 23.6 Å². The highest BCUT2D eigenvalue weighted by Crippen LogP contribution is 2.37. The smallest absolute Gasteiger partial charge is 0.416 e. The molecule has 0 unspecified atom stereocenters. The molecule has 3 aromatic rings. The minimum Gasteiger partial charge on any atom is -0.489 e. The number of hydrogen-bond acceptors (Lipinski definition) is 4. The van der Waals surface area contributed by atoms with Gasteiger partial charge in [-0.05, 0) is 58.7 Å². The monoisotopic (exact) mass is 456 g/mol. The lowest BCUT2D eigenvalue weighted by molar-refractivity contribution is -0.143. The van der Waals surface area contributed by atoms with E-state index >= 15 is 0 Å². The summed E-state index contributed by atoms with van der Waals surface area (Å²) >= 11 is 3.40. The number of hydrogen-bond donors (Lipinski definition) is 0. The Hall–Kier alpha value is -2.48. The highest BCUT2D eigenvalue weighted by atomic mass is 79.9. The summed E-state index contributed by atoms with van der Waals surface area (Å²) in [4.78, 5) is 11.8. The molecule has 1 heterocycles. The molecule has 0 saturated carbocycles.